The topological polar surface area (TPSA) is 38.3 Å². The van der Waals surface area contributed by atoms with Crippen molar-refractivity contribution in [2.75, 3.05) is 6.61 Å². The molecule has 1 heterocycles. The van der Waals surface area contributed by atoms with E-state index in [1.165, 1.54) is 16.9 Å². The van der Waals surface area contributed by atoms with Crippen molar-refractivity contribution in [2.24, 2.45) is 0 Å². The SMILES string of the molecule is CCCc1n(CC)c2ccccc2[n+]1C[C@H](O)COc1ccccc1. The van der Waals surface area contributed by atoms with Gasteiger partial charge in [0.2, 0.25) is 0 Å². The maximum absolute atomic E-state index is 10.5. The highest BCUT2D eigenvalue weighted by Gasteiger charge is 2.25. The average molecular weight is 339 g/mol. The second-order valence-corrected chi connectivity index (χ2v) is 6.29. The molecule has 0 amide bonds. The van der Waals surface area contributed by atoms with E-state index in [4.69, 9.17) is 4.74 Å². The Bertz CT molecular complexity index is 811. The first-order chi connectivity index (χ1) is 12.2. The second-order valence-electron chi connectivity index (χ2n) is 6.29. The quantitative estimate of drug-likeness (QED) is 0.639. The Morgan fingerprint density at radius 1 is 1.04 bits per heavy atom. The number of imidazole rings is 1. The molecule has 2 aromatic carbocycles. The van der Waals surface area contributed by atoms with Crippen LogP contribution < -0.4 is 9.30 Å². The van der Waals surface area contributed by atoms with E-state index < -0.39 is 6.10 Å². The van der Waals surface area contributed by atoms with Crippen LogP contribution in [0.25, 0.3) is 11.0 Å². The van der Waals surface area contributed by atoms with Gasteiger partial charge in [-0.05, 0) is 37.6 Å². The molecule has 25 heavy (non-hydrogen) atoms. The number of aliphatic hydroxyl groups excluding tert-OH is 1. The first kappa shape index (κ1) is 17.5. The molecule has 1 atom stereocenters. The summed E-state index contributed by atoms with van der Waals surface area (Å²) in [5.74, 6) is 2.06. The summed E-state index contributed by atoms with van der Waals surface area (Å²) >= 11 is 0. The van der Waals surface area contributed by atoms with Gasteiger partial charge in [-0.2, -0.15) is 0 Å². The summed E-state index contributed by atoms with van der Waals surface area (Å²) < 4.78 is 10.3. The lowest BCUT2D eigenvalue weighted by atomic mass is 10.3. The molecule has 1 aromatic heterocycles. The van der Waals surface area contributed by atoms with Gasteiger partial charge in [0, 0.05) is 6.42 Å². The fourth-order valence-electron chi connectivity index (χ4n) is 3.37. The number of ether oxygens (including phenoxy) is 1. The lowest BCUT2D eigenvalue weighted by molar-refractivity contribution is -0.687. The molecular weight excluding hydrogens is 312 g/mol. The average Bonchev–Trinajstić information content (AvgIpc) is 2.94. The van der Waals surface area contributed by atoms with E-state index in [2.05, 4.69) is 47.2 Å². The van der Waals surface area contributed by atoms with Crippen molar-refractivity contribution in [3.8, 4) is 5.75 Å². The van der Waals surface area contributed by atoms with Crippen LogP contribution in [0.1, 0.15) is 26.1 Å². The summed E-state index contributed by atoms with van der Waals surface area (Å²) in [6.07, 6.45) is 1.51. The predicted molar refractivity (Wildman–Crippen MR) is 99.7 cm³/mol. The molecule has 4 nitrogen and oxygen atoms in total. The zero-order valence-electron chi connectivity index (χ0n) is 15.1. The van der Waals surface area contributed by atoms with Crippen molar-refractivity contribution in [2.45, 2.75) is 45.9 Å². The number of hydrogen-bond acceptors (Lipinski definition) is 2. The van der Waals surface area contributed by atoms with Crippen molar-refractivity contribution in [3.63, 3.8) is 0 Å². The highest BCUT2D eigenvalue weighted by atomic mass is 16.5. The predicted octanol–water partition coefficient (Wildman–Crippen LogP) is 3.34. The number of hydrogen-bond donors (Lipinski definition) is 1. The molecule has 4 heteroatoms. The summed E-state index contributed by atoms with van der Waals surface area (Å²) in [7, 11) is 0. The molecule has 0 aliphatic carbocycles. The molecule has 0 radical (unpaired) electrons. The van der Waals surface area contributed by atoms with Gasteiger partial charge < -0.3 is 9.84 Å². The number of para-hydroxylation sites is 3. The molecule has 0 saturated heterocycles. The number of fused-ring (bicyclic) bond motifs is 1. The smallest absolute Gasteiger partial charge is 0.257 e. The fourth-order valence-corrected chi connectivity index (χ4v) is 3.37. The Morgan fingerprint density at radius 3 is 2.48 bits per heavy atom. The zero-order valence-corrected chi connectivity index (χ0v) is 15.1. The van der Waals surface area contributed by atoms with E-state index in [1.54, 1.807) is 0 Å². The Morgan fingerprint density at radius 2 is 1.76 bits per heavy atom. The summed E-state index contributed by atoms with van der Waals surface area (Å²) in [6, 6.07) is 18.1. The van der Waals surface area contributed by atoms with Crippen molar-refractivity contribution < 1.29 is 14.4 Å². The van der Waals surface area contributed by atoms with E-state index in [1.807, 2.05) is 30.3 Å². The second kappa shape index (κ2) is 8.17. The van der Waals surface area contributed by atoms with Crippen molar-refractivity contribution in [3.05, 3.63) is 60.4 Å². The van der Waals surface area contributed by atoms with Crippen molar-refractivity contribution in [1.29, 1.82) is 0 Å². The maximum atomic E-state index is 10.5. The third-order valence-electron chi connectivity index (χ3n) is 4.46. The first-order valence-corrected chi connectivity index (χ1v) is 9.10. The minimum absolute atomic E-state index is 0.286. The summed E-state index contributed by atoms with van der Waals surface area (Å²) in [5.41, 5.74) is 2.40. The first-order valence-electron chi connectivity index (χ1n) is 9.10. The molecular formula is C21H27N2O2+. The molecule has 0 aliphatic rings. The number of aliphatic hydroxyl groups is 1. The van der Waals surface area contributed by atoms with Crippen molar-refractivity contribution >= 4 is 11.0 Å². The number of aryl methyl sites for hydroxylation is 1. The highest BCUT2D eigenvalue weighted by molar-refractivity contribution is 5.72. The van der Waals surface area contributed by atoms with Gasteiger partial charge in [0.1, 0.15) is 25.0 Å². The molecule has 0 unspecified atom stereocenters. The summed E-state index contributed by atoms with van der Waals surface area (Å²) in [6.45, 7) is 6.12. The fraction of sp³-hybridized carbons (Fsp3) is 0.381. The van der Waals surface area contributed by atoms with E-state index in [-0.39, 0.29) is 6.61 Å². The number of benzene rings is 2. The third kappa shape index (κ3) is 3.85. The van der Waals surface area contributed by atoms with Gasteiger partial charge in [0.25, 0.3) is 5.82 Å². The maximum Gasteiger partial charge on any atom is 0.257 e. The molecule has 0 fully saturated rings. The Kier molecular flexibility index (Phi) is 5.71. The summed E-state index contributed by atoms with van der Waals surface area (Å²) in [5, 5.41) is 10.5. The third-order valence-corrected chi connectivity index (χ3v) is 4.46. The van der Waals surface area contributed by atoms with Crippen molar-refractivity contribution in [1.82, 2.24) is 4.57 Å². The minimum atomic E-state index is -0.558. The van der Waals surface area contributed by atoms with Crippen LogP contribution in [0.15, 0.2) is 54.6 Å². The van der Waals surface area contributed by atoms with Crippen LogP contribution in [-0.4, -0.2) is 22.4 Å². The van der Waals surface area contributed by atoms with Crippen LogP contribution in [0.3, 0.4) is 0 Å². The summed E-state index contributed by atoms with van der Waals surface area (Å²) in [4.78, 5) is 0. The van der Waals surface area contributed by atoms with Crippen LogP contribution in [0.4, 0.5) is 0 Å². The molecule has 0 spiro atoms. The van der Waals surface area contributed by atoms with Gasteiger partial charge in [-0.3, -0.25) is 0 Å². The van der Waals surface area contributed by atoms with Gasteiger partial charge in [0.05, 0.1) is 6.54 Å². The van der Waals surface area contributed by atoms with Crippen LogP contribution in [0.5, 0.6) is 5.75 Å². The van der Waals surface area contributed by atoms with E-state index in [0.29, 0.717) is 6.54 Å². The molecule has 0 aliphatic heterocycles. The lowest BCUT2D eigenvalue weighted by Crippen LogP contribution is -2.45. The van der Waals surface area contributed by atoms with Crippen LogP contribution in [0, 0.1) is 0 Å². The van der Waals surface area contributed by atoms with Gasteiger partial charge in [-0.15, -0.1) is 0 Å². The normalized spacial score (nSPS) is 12.4. The lowest BCUT2D eigenvalue weighted by Gasteiger charge is -2.12. The van der Waals surface area contributed by atoms with E-state index in [9.17, 15) is 5.11 Å². The molecule has 3 rings (SSSR count). The van der Waals surface area contributed by atoms with Crippen LogP contribution in [-0.2, 0) is 19.5 Å². The zero-order chi connectivity index (χ0) is 17.6. The molecule has 3 aromatic rings. The Hall–Kier alpha value is -2.33. The van der Waals surface area contributed by atoms with Gasteiger partial charge in [0.15, 0.2) is 11.0 Å². The monoisotopic (exact) mass is 339 g/mol. The Labute approximate surface area is 149 Å². The van der Waals surface area contributed by atoms with E-state index >= 15 is 0 Å². The number of aromatic nitrogens is 2. The molecule has 0 saturated carbocycles. The number of rotatable bonds is 8. The largest absolute Gasteiger partial charge is 0.491 e. The van der Waals surface area contributed by atoms with Crippen LogP contribution >= 0.6 is 0 Å². The Balaban J connectivity index is 1.83. The highest BCUT2D eigenvalue weighted by Crippen LogP contribution is 2.16. The molecule has 1 N–H and O–H groups in total. The molecule has 0 bridgehead atoms. The van der Waals surface area contributed by atoms with Gasteiger partial charge in [-0.25, -0.2) is 9.13 Å². The van der Waals surface area contributed by atoms with Gasteiger partial charge >= 0.3 is 0 Å². The standard InChI is InChI=1S/C21H27N2O2/c1-3-10-21-22(4-2)19-13-8-9-14-20(19)23(21)15-17(24)16-25-18-11-6-5-7-12-18/h5-9,11-14,17,24H,3-4,10,15-16H2,1-2H3/q+1/t17-/m0/s1. The van der Waals surface area contributed by atoms with Gasteiger partial charge in [-0.1, -0.05) is 37.3 Å². The minimum Gasteiger partial charge on any atom is -0.491 e. The van der Waals surface area contributed by atoms with Crippen LogP contribution in [0.2, 0.25) is 0 Å². The molecule has 132 valence electrons. The van der Waals surface area contributed by atoms with E-state index in [0.717, 1.165) is 25.1 Å². The number of nitrogens with zero attached hydrogens (tertiary/aromatic N) is 2.